The summed E-state index contributed by atoms with van der Waals surface area (Å²) < 4.78 is 5.42. The van der Waals surface area contributed by atoms with Crippen LogP contribution in [0.5, 0.6) is 5.75 Å². The molecule has 1 atom stereocenters. The maximum atomic E-state index is 12.9. The number of hydrogen-bond donors (Lipinski definition) is 0. The summed E-state index contributed by atoms with van der Waals surface area (Å²) >= 11 is 0. The molecular formula is C28H45N3O3. The lowest BCUT2D eigenvalue weighted by molar-refractivity contribution is -0.137. The van der Waals surface area contributed by atoms with E-state index < -0.39 is 0 Å². The van der Waals surface area contributed by atoms with Crippen molar-refractivity contribution in [3.63, 3.8) is 0 Å². The van der Waals surface area contributed by atoms with Gasteiger partial charge in [0, 0.05) is 63.2 Å². The molecule has 0 aromatic heterocycles. The monoisotopic (exact) mass is 471 g/mol. The second kappa shape index (κ2) is 14.8. The highest BCUT2D eigenvalue weighted by molar-refractivity contribution is 5.79. The van der Waals surface area contributed by atoms with Gasteiger partial charge in [-0.25, -0.2) is 0 Å². The second-order valence-electron chi connectivity index (χ2n) is 9.50. The summed E-state index contributed by atoms with van der Waals surface area (Å²) in [5.74, 6) is 1.45. The van der Waals surface area contributed by atoms with Crippen LogP contribution in [0.1, 0.15) is 58.9 Å². The molecule has 6 nitrogen and oxygen atoms in total. The van der Waals surface area contributed by atoms with E-state index >= 15 is 0 Å². The highest BCUT2D eigenvalue weighted by Crippen LogP contribution is 2.19. The van der Waals surface area contributed by atoms with Crippen LogP contribution in [-0.2, 0) is 9.59 Å². The molecular weight excluding hydrogens is 426 g/mol. The van der Waals surface area contributed by atoms with E-state index in [-0.39, 0.29) is 17.7 Å². The summed E-state index contributed by atoms with van der Waals surface area (Å²) in [5.41, 5.74) is 1.01. The van der Waals surface area contributed by atoms with Gasteiger partial charge in [0.05, 0.1) is 7.11 Å². The maximum absolute atomic E-state index is 12.9. The van der Waals surface area contributed by atoms with Crippen LogP contribution < -0.4 is 4.74 Å². The average molecular weight is 472 g/mol. The van der Waals surface area contributed by atoms with Crippen molar-refractivity contribution in [2.45, 2.75) is 53.4 Å². The molecule has 1 aliphatic rings. The lowest BCUT2D eigenvalue weighted by Crippen LogP contribution is -2.52. The van der Waals surface area contributed by atoms with Gasteiger partial charge < -0.3 is 14.5 Å². The molecule has 1 heterocycles. The quantitative estimate of drug-likeness (QED) is 0.423. The summed E-state index contributed by atoms with van der Waals surface area (Å²) in [5, 5.41) is 0. The van der Waals surface area contributed by atoms with Gasteiger partial charge in [-0.15, -0.1) is 0 Å². The fourth-order valence-electron chi connectivity index (χ4n) is 4.43. The highest BCUT2D eigenvalue weighted by Gasteiger charge is 2.26. The molecule has 190 valence electrons. The second-order valence-corrected chi connectivity index (χ2v) is 9.50. The molecule has 1 unspecified atom stereocenters. The number of methoxy groups -OCH3 is 1. The van der Waals surface area contributed by atoms with E-state index in [1.807, 2.05) is 60.1 Å². The first-order chi connectivity index (χ1) is 16.4. The number of piperazine rings is 1. The molecule has 0 spiro atoms. The number of ether oxygens (including phenoxy) is 1. The van der Waals surface area contributed by atoms with Gasteiger partial charge in [-0.1, -0.05) is 70.9 Å². The zero-order valence-electron chi connectivity index (χ0n) is 22.0. The molecule has 6 heteroatoms. The Morgan fingerprint density at radius 1 is 1.12 bits per heavy atom. The Balaban J connectivity index is 1.88. The number of rotatable bonds is 13. The van der Waals surface area contributed by atoms with E-state index in [4.69, 9.17) is 4.74 Å². The zero-order chi connectivity index (χ0) is 24.9. The number of unbranched alkanes of at least 4 members (excludes halogenated alkanes) is 1. The molecule has 0 radical (unpaired) electrons. The molecule has 1 fully saturated rings. The molecule has 2 rings (SSSR count). The fraction of sp³-hybridized carbons (Fsp3) is 0.643. The van der Waals surface area contributed by atoms with Crippen LogP contribution in [0.25, 0.3) is 6.08 Å². The Morgan fingerprint density at radius 2 is 1.82 bits per heavy atom. The van der Waals surface area contributed by atoms with Crippen molar-refractivity contribution in [2.75, 3.05) is 52.9 Å². The highest BCUT2D eigenvalue weighted by atomic mass is 16.5. The molecule has 0 bridgehead atoms. The maximum Gasteiger partial charge on any atom is 0.225 e. The summed E-state index contributed by atoms with van der Waals surface area (Å²) in [7, 11) is 1.67. The van der Waals surface area contributed by atoms with Gasteiger partial charge in [0.1, 0.15) is 5.75 Å². The third-order valence-electron chi connectivity index (χ3n) is 6.69. The number of carbonyl (C=O) groups excluding carboxylic acids is 2. The van der Waals surface area contributed by atoms with Crippen LogP contribution in [-0.4, -0.2) is 79.4 Å². The van der Waals surface area contributed by atoms with Gasteiger partial charge in [0.2, 0.25) is 11.8 Å². The van der Waals surface area contributed by atoms with Crippen molar-refractivity contribution >= 4 is 17.9 Å². The zero-order valence-corrected chi connectivity index (χ0v) is 22.0. The van der Waals surface area contributed by atoms with Gasteiger partial charge in [-0.05, 0) is 18.9 Å². The Hall–Kier alpha value is -2.34. The van der Waals surface area contributed by atoms with Crippen molar-refractivity contribution in [1.82, 2.24) is 14.7 Å². The van der Waals surface area contributed by atoms with Gasteiger partial charge >= 0.3 is 0 Å². The van der Waals surface area contributed by atoms with Crippen molar-refractivity contribution in [3.05, 3.63) is 35.9 Å². The molecule has 1 aliphatic heterocycles. The predicted octanol–water partition coefficient (Wildman–Crippen LogP) is 4.55. The minimum atomic E-state index is -0.0387. The van der Waals surface area contributed by atoms with Crippen LogP contribution in [0, 0.1) is 11.8 Å². The number of amides is 2. The average Bonchev–Trinajstić information content (AvgIpc) is 2.86. The molecule has 1 aromatic carbocycles. The van der Waals surface area contributed by atoms with Gasteiger partial charge in [0.15, 0.2) is 0 Å². The van der Waals surface area contributed by atoms with E-state index in [9.17, 15) is 9.59 Å². The first-order valence-corrected chi connectivity index (χ1v) is 13.0. The largest absolute Gasteiger partial charge is 0.496 e. The molecule has 34 heavy (non-hydrogen) atoms. The van der Waals surface area contributed by atoms with Crippen molar-refractivity contribution in [1.29, 1.82) is 0 Å². The van der Waals surface area contributed by atoms with Crippen LogP contribution in [0.2, 0.25) is 0 Å². The fourth-order valence-corrected chi connectivity index (χ4v) is 4.43. The third-order valence-corrected chi connectivity index (χ3v) is 6.69. The van der Waals surface area contributed by atoms with E-state index in [0.29, 0.717) is 19.0 Å². The van der Waals surface area contributed by atoms with Crippen molar-refractivity contribution in [3.8, 4) is 5.75 Å². The number of para-hydroxylation sites is 1. The van der Waals surface area contributed by atoms with E-state index in [1.54, 1.807) is 7.11 Å². The van der Waals surface area contributed by atoms with Gasteiger partial charge in [0.25, 0.3) is 0 Å². The van der Waals surface area contributed by atoms with Crippen LogP contribution >= 0.6 is 0 Å². The van der Waals surface area contributed by atoms with Gasteiger partial charge in [-0.2, -0.15) is 0 Å². The molecule has 2 amide bonds. The van der Waals surface area contributed by atoms with Crippen molar-refractivity contribution < 1.29 is 14.3 Å². The molecule has 1 saturated heterocycles. The first kappa shape index (κ1) is 27.9. The molecule has 1 aromatic rings. The number of benzene rings is 1. The van der Waals surface area contributed by atoms with Crippen LogP contribution in [0.15, 0.2) is 30.3 Å². The Labute approximate surface area is 206 Å². The summed E-state index contributed by atoms with van der Waals surface area (Å²) in [6, 6.07) is 7.88. The van der Waals surface area contributed by atoms with Gasteiger partial charge in [-0.3, -0.25) is 14.5 Å². The molecule has 0 N–H and O–H groups in total. The van der Waals surface area contributed by atoms with Crippen LogP contribution in [0.3, 0.4) is 0 Å². The summed E-state index contributed by atoms with van der Waals surface area (Å²) in [6.45, 7) is 13.6. The normalized spacial score (nSPS) is 15.6. The van der Waals surface area contributed by atoms with E-state index in [1.165, 1.54) is 0 Å². The summed E-state index contributed by atoms with van der Waals surface area (Å²) in [4.78, 5) is 32.1. The lowest BCUT2D eigenvalue weighted by atomic mass is 9.97. The number of nitrogens with zero attached hydrogens (tertiary/aromatic N) is 3. The number of carbonyl (C=O) groups is 2. The van der Waals surface area contributed by atoms with E-state index in [2.05, 4.69) is 18.7 Å². The first-order valence-electron chi connectivity index (χ1n) is 13.0. The minimum absolute atomic E-state index is 0.0387. The Bertz CT molecular complexity index is 785. The molecule has 0 saturated carbocycles. The number of hydrogen-bond acceptors (Lipinski definition) is 4. The standard InChI is InChI=1S/C28H45N3O3/c1-6-8-12-24(7-2)28(33)31-21-18-29(19-22-31)17-20-30(27(32)23(3)4)16-11-14-25-13-9-10-15-26(25)34-5/h9-11,13-15,23-24H,6-8,12,16-22H2,1-5H3/b14-11+. The smallest absolute Gasteiger partial charge is 0.225 e. The van der Waals surface area contributed by atoms with E-state index in [0.717, 1.165) is 69.7 Å². The predicted molar refractivity (Wildman–Crippen MR) is 140 cm³/mol. The Morgan fingerprint density at radius 3 is 2.44 bits per heavy atom. The topological polar surface area (TPSA) is 53.1 Å². The SMILES string of the molecule is CCCCC(CC)C(=O)N1CCN(CCN(C/C=C/c2ccccc2OC)C(=O)C(C)C)CC1. The van der Waals surface area contributed by atoms with Crippen LogP contribution in [0.4, 0.5) is 0 Å². The minimum Gasteiger partial charge on any atom is -0.496 e. The lowest BCUT2D eigenvalue weighted by Gasteiger charge is -2.37. The Kier molecular flexibility index (Phi) is 12.2. The molecule has 0 aliphatic carbocycles. The third kappa shape index (κ3) is 8.46. The van der Waals surface area contributed by atoms with Crippen molar-refractivity contribution in [2.24, 2.45) is 11.8 Å². The summed E-state index contributed by atoms with van der Waals surface area (Å²) in [6.07, 6.45) is 8.24.